The molecular formula is C16H12FN5OS2. The second-order valence-electron chi connectivity index (χ2n) is 4.88. The molecule has 1 heterocycles. The first-order chi connectivity index (χ1) is 12.1. The van der Waals surface area contributed by atoms with Crippen LogP contribution in [0.15, 0.2) is 53.9 Å². The van der Waals surface area contributed by atoms with E-state index in [1.807, 2.05) is 0 Å². The van der Waals surface area contributed by atoms with E-state index in [9.17, 15) is 9.18 Å². The lowest BCUT2D eigenvalue weighted by Crippen LogP contribution is -2.19. The molecule has 0 aliphatic carbocycles. The number of halogens is 1. The van der Waals surface area contributed by atoms with Crippen LogP contribution >= 0.6 is 23.8 Å². The number of thiocarbonyl (C=S) groups is 1. The fraction of sp³-hybridized carbons (Fsp3) is 0. The summed E-state index contributed by atoms with van der Waals surface area (Å²) in [5, 5.41) is 14.0. The number of aromatic nitrogens is 2. The molecule has 9 heteroatoms. The van der Waals surface area contributed by atoms with Gasteiger partial charge in [-0.2, -0.15) is 0 Å². The van der Waals surface area contributed by atoms with Gasteiger partial charge in [0.15, 0.2) is 10.8 Å². The van der Waals surface area contributed by atoms with Crippen LogP contribution in [-0.2, 0) is 0 Å². The van der Waals surface area contributed by atoms with Crippen molar-refractivity contribution in [2.45, 2.75) is 0 Å². The van der Waals surface area contributed by atoms with Gasteiger partial charge in [-0.15, -0.1) is 5.10 Å². The van der Waals surface area contributed by atoms with E-state index in [2.05, 4.69) is 25.5 Å². The average Bonchev–Trinajstić information content (AvgIpc) is 3.13. The summed E-state index contributed by atoms with van der Waals surface area (Å²) in [7, 11) is 0. The Morgan fingerprint density at radius 3 is 2.32 bits per heavy atom. The summed E-state index contributed by atoms with van der Waals surface area (Å²) in [5.41, 5.74) is 1.86. The molecule has 0 saturated heterocycles. The molecule has 1 amide bonds. The predicted octanol–water partition coefficient (Wildman–Crippen LogP) is 3.74. The highest BCUT2D eigenvalue weighted by molar-refractivity contribution is 7.80. The third kappa shape index (κ3) is 4.55. The summed E-state index contributed by atoms with van der Waals surface area (Å²) < 4.78 is 17.2. The highest BCUT2D eigenvalue weighted by Crippen LogP contribution is 2.16. The van der Waals surface area contributed by atoms with Gasteiger partial charge in [0.2, 0.25) is 0 Å². The number of carbonyl (C=O) groups excluding carboxylic acids is 1. The van der Waals surface area contributed by atoms with Crippen molar-refractivity contribution in [1.82, 2.24) is 9.59 Å². The Morgan fingerprint density at radius 2 is 1.68 bits per heavy atom. The maximum absolute atomic E-state index is 13.6. The molecule has 0 atom stereocenters. The van der Waals surface area contributed by atoms with Crippen LogP contribution in [0.2, 0.25) is 0 Å². The Kier molecular flexibility index (Phi) is 5.26. The van der Waals surface area contributed by atoms with Crippen molar-refractivity contribution in [3.63, 3.8) is 0 Å². The minimum absolute atomic E-state index is 0.260. The van der Waals surface area contributed by atoms with Crippen molar-refractivity contribution in [3.05, 3.63) is 65.4 Å². The number of hydrogen-bond acceptors (Lipinski definition) is 5. The number of rotatable bonds is 4. The molecule has 0 fully saturated rings. The molecule has 3 aromatic rings. The van der Waals surface area contributed by atoms with Gasteiger partial charge in [0, 0.05) is 16.8 Å². The molecule has 3 N–H and O–H groups in total. The van der Waals surface area contributed by atoms with E-state index in [1.54, 1.807) is 47.8 Å². The van der Waals surface area contributed by atoms with Crippen molar-refractivity contribution in [1.29, 1.82) is 0 Å². The molecule has 0 spiro atoms. The van der Waals surface area contributed by atoms with E-state index in [0.717, 1.165) is 11.5 Å². The molecule has 25 heavy (non-hydrogen) atoms. The van der Waals surface area contributed by atoms with Crippen molar-refractivity contribution in [3.8, 4) is 0 Å². The Hall–Kier alpha value is -2.91. The summed E-state index contributed by atoms with van der Waals surface area (Å²) in [5.74, 6) is -0.715. The van der Waals surface area contributed by atoms with Crippen LogP contribution in [0, 0.1) is 5.82 Å². The van der Waals surface area contributed by atoms with Crippen LogP contribution in [0.5, 0.6) is 0 Å². The van der Waals surface area contributed by atoms with Gasteiger partial charge in [-0.1, -0.05) is 16.6 Å². The van der Waals surface area contributed by atoms with Crippen LogP contribution in [0.3, 0.4) is 0 Å². The van der Waals surface area contributed by atoms with Crippen LogP contribution in [0.25, 0.3) is 0 Å². The van der Waals surface area contributed by atoms with Crippen molar-refractivity contribution in [2.24, 2.45) is 0 Å². The topological polar surface area (TPSA) is 78.9 Å². The SMILES string of the molecule is O=C(Nc1ccc(NC(=S)Nc2ccccc2F)cc1)c1csnn1. The number of benzene rings is 2. The zero-order valence-corrected chi connectivity index (χ0v) is 14.3. The van der Waals surface area contributed by atoms with Gasteiger partial charge in [0.25, 0.3) is 5.91 Å². The number of nitrogens with zero attached hydrogens (tertiary/aromatic N) is 2. The number of hydrogen-bond donors (Lipinski definition) is 3. The van der Waals surface area contributed by atoms with Gasteiger partial charge in [-0.3, -0.25) is 4.79 Å². The second-order valence-corrected chi connectivity index (χ2v) is 5.90. The Balaban J connectivity index is 1.58. The van der Waals surface area contributed by atoms with Gasteiger partial charge in [-0.05, 0) is 60.1 Å². The molecule has 126 valence electrons. The molecule has 2 aromatic carbocycles. The van der Waals surface area contributed by atoms with E-state index < -0.39 is 0 Å². The Labute approximate surface area is 152 Å². The summed E-state index contributed by atoms with van der Waals surface area (Å²) in [6.45, 7) is 0. The first kappa shape index (κ1) is 16.9. The summed E-state index contributed by atoms with van der Waals surface area (Å²) in [6.07, 6.45) is 0. The van der Waals surface area contributed by atoms with E-state index in [4.69, 9.17) is 12.2 Å². The van der Waals surface area contributed by atoms with Crippen LogP contribution < -0.4 is 16.0 Å². The van der Waals surface area contributed by atoms with E-state index in [0.29, 0.717) is 17.1 Å². The highest BCUT2D eigenvalue weighted by Gasteiger charge is 2.09. The molecule has 6 nitrogen and oxygen atoms in total. The molecule has 0 bridgehead atoms. The first-order valence-corrected chi connectivity index (χ1v) is 8.37. The third-order valence-corrected chi connectivity index (χ3v) is 3.82. The average molecular weight is 373 g/mol. The van der Waals surface area contributed by atoms with Crippen molar-refractivity contribution >= 4 is 51.8 Å². The molecule has 1 aromatic heterocycles. The highest BCUT2D eigenvalue weighted by atomic mass is 32.1. The van der Waals surface area contributed by atoms with E-state index in [1.165, 1.54) is 6.07 Å². The van der Waals surface area contributed by atoms with Crippen molar-refractivity contribution in [2.75, 3.05) is 16.0 Å². The summed E-state index contributed by atoms with van der Waals surface area (Å²) >= 11 is 6.27. The standard InChI is InChI=1S/C16H12FN5OS2/c17-12-3-1-2-4-13(12)20-16(24)19-11-7-5-10(6-8-11)18-15(23)14-9-25-22-21-14/h1-9H,(H,18,23)(H2,19,20,24). The maximum Gasteiger partial charge on any atom is 0.277 e. The fourth-order valence-electron chi connectivity index (χ4n) is 1.94. The lowest BCUT2D eigenvalue weighted by Gasteiger charge is -2.11. The number of para-hydroxylation sites is 1. The predicted molar refractivity (Wildman–Crippen MR) is 101 cm³/mol. The van der Waals surface area contributed by atoms with Crippen LogP contribution in [-0.4, -0.2) is 20.6 Å². The largest absolute Gasteiger partial charge is 0.332 e. The normalized spacial score (nSPS) is 10.1. The zero-order valence-electron chi connectivity index (χ0n) is 12.7. The summed E-state index contributed by atoms with van der Waals surface area (Å²) in [4.78, 5) is 11.9. The fourth-order valence-corrected chi connectivity index (χ4v) is 2.61. The van der Waals surface area contributed by atoms with Crippen LogP contribution in [0.4, 0.5) is 21.5 Å². The lowest BCUT2D eigenvalue weighted by molar-refractivity contribution is 0.102. The molecule has 0 aliphatic heterocycles. The molecule has 0 radical (unpaired) electrons. The van der Waals surface area contributed by atoms with E-state index >= 15 is 0 Å². The summed E-state index contributed by atoms with van der Waals surface area (Å²) in [6, 6.07) is 13.2. The maximum atomic E-state index is 13.6. The van der Waals surface area contributed by atoms with Gasteiger partial charge < -0.3 is 16.0 Å². The zero-order chi connectivity index (χ0) is 17.6. The number of anilines is 3. The van der Waals surface area contributed by atoms with E-state index in [-0.39, 0.29) is 22.5 Å². The van der Waals surface area contributed by atoms with Crippen LogP contribution in [0.1, 0.15) is 10.5 Å². The minimum atomic E-state index is -0.388. The first-order valence-electron chi connectivity index (χ1n) is 7.13. The molecule has 3 rings (SSSR count). The molecule has 0 aliphatic rings. The minimum Gasteiger partial charge on any atom is -0.332 e. The second kappa shape index (κ2) is 7.77. The van der Waals surface area contributed by atoms with Crippen molar-refractivity contribution < 1.29 is 9.18 Å². The van der Waals surface area contributed by atoms with Gasteiger partial charge in [0.1, 0.15) is 5.82 Å². The Morgan fingerprint density at radius 1 is 1.00 bits per heavy atom. The number of carbonyl (C=O) groups is 1. The van der Waals surface area contributed by atoms with Gasteiger partial charge in [-0.25, -0.2) is 4.39 Å². The molecule has 0 unspecified atom stereocenters. The Bertz CT molecular complexity index is 884. The monoisotopic (exact) mass is 373 g/mol. The quantitative estimate of drug-likeness (QED) is 0.605. The number of amides is 1. The smallest absolute Gasteiger partial charge is 0.277 e. The van der Waals surface area contributed by atoms with Gasteiger partial charge in [0.05, 0.1) is 5.69 Å². The third-order valence-electron chi connectivity index (χ3n) is 3.12. The molecular weight excluding hydrogens is 361 g/mol. The van der Waals surface area contributed by atoms with Gasteiger partial charge >= 0.3 is 0 Å². The lowest BCUT2D eigenvalue weighted by atomic mass is 10.2. The molecule has 0 saturated carbocycles. The number of nitrogens with one attached hydrogen (secondary N) is 3.